The third kappa shape index (κ3) is 2.72. The van der Waals surface area contributed by atoms with Gasteiger partial charge in [-0.1, -0.05) is 17.4 Å². The number of thiazole rings is 1. The van der Waals surface area contributed by atoms with Crippen LogP contribution in [0.2, 0.25) is 0 Å². The number of carbonyl (C=O) groups is 1. The second-order valence-electron chi connectivity index (χ2n) is 4.16. The molecule has 0 atom stereocenters. The largest absolute Gasteiger partial charge is 0.477 e. The summed E-state index contributed by atoms with van der Waals surface area (Å²) in [6.07, 6.45) is 6.36. The summed E-state index contributed by atoms with van der Waals surface area (Å²) in [5.74, 6) is -1.07. The first-order valence-electron chi connectivity index (χ1n) is 5.99. The maximum Gasteiger partial charge on any atom is 0.347 e. The van der Waals surface area contributed by atoms with Crippen molar-refractivity contribution in [3.8, 4) is 0 Å². The van der Waals surface area contributed by atoms with Gasteiger partial charge in [0.05, 0.1) is 11.4 Å². The van der Waals surface area contributed by atoms with Crippen LogP contribution in [0.3, 0.4) is 0 Å². The second kappa shape index (κ2) is 5.29. The third-order valence-electron chi connectivity index (χ3n) is 2.71. The topological polar surface area (TPSA) is 84.6 Å². The molecule has 0 saturated heterocycles. The highest BCUT2D eigenvalue weighted by Crippen LogP contribution is 2.15. The Morgan fingerprint density at radius 1 is 1.29 bits per heavy atom. The minimum absolute atomic E-state index is 0.0745. The standard InChI is InChI=1S/C14H9N3O3S/c18-12-7-10(5-4-9-3-1-2-6-15-9)16-14-17(12)8-11(21-14)13(19)20/h1-8H,(H,19,20). The van der Waals surface area contributed by atoms with Gasteiger partial charge in [0.2, 0.25) is 0 Å². The zero-order valence-electron chi connectivity index (χ0n) is 10.6. The van der Waals surface area contributed by atoms with Crippen LogP contribution in [0.4, 0.5) is 0 Å². The summed E-state index contributed by atoms with van der Waals surface area (Å²) in [5.41, 5.74) is 0.894. The molecule has 0 aliphatic carbocycles. The predicted octanol–water partition coefficient (Wildman–Crippen LogP) is 2.02. The van der Waals surface area contributed by atoms with E-state index in [4.69, 9.17) is 5.11 Å². The van der Waals surface area contributed by atoms with E-state index in [2.05, 4.69) is 9.97 Å². The van der Waals surface area contributed by atoms with Gasteiger partial charge in [-0.05, 0) is 24.3 Å². The number of aromatic carboxylic acids is 1. The first kappa shape index (κ1) is 13.2. The quantitative estimate of drug-likeness (QED) is 0.799. The Kier molecular flexibility index (Phi) is 3.33. The molecule has 0 bridgehead atoms. The molecule has 0 aromatic carbocycles. The number of fused-ring (bicyclic) bond motifs is 1. The fourth-order valence-electron chi connectivity index (χ4n) is 1.75. The van der Waals surface area contributed by atoms with Crippen LogP contribution in [0, 0.1) is 0 Å². The van der Waals surface area contributed by atoms with E-state index in [9.17, 15) is 9.59 Å². The van der Waals surface area contributed by atoms with Crippen molar-refractivity contribution in [1.29, 1.82) is 0 Å². The second-order valence-corrected chi connectivity index (χ2v) is 5.17. The van der Waals surface area contributed by atoms with Gasteiger partial charge in [-0.2, -0.15) is 0 Å². The summed E-state index contributed by atoms with van der Waals surface area (Å²) in [6.45, 7) is 0. The van der Waals surface area contributed by atoms with Crippen molar-refractivity contribution in [2.75, 3.05) is 0 Å². The highest BCUT2D eigenvalue weighted by atomic mass is 32.1. The van der Waals surface area contributed by atoms with E-state index in [-0.39, 0.29) is 10.4 Å². The Balaban J connectivity index is 2.02. The van der Waals surface area contributed by atoms with Crippen molar-refractivity contribution in [2.45, 2.75) is 0 Å². The molecule has 0 fully saturated rings. The fraction of sp³-hybridized carbons (Fsp3) is 0. The molecule has 0 radical (unpaired) electrons. The van der Waals surface area contributed by atoms with Crippen LogP contribution in [0.25, 0.3) is 17.1 Å². The first-order chi connectivity index (χ1) is 10.1. The van der Waals surface area contributed by atoms with Gasteiger partial charge in [0, 0.05) is 18.5 Å². The van der Waals surface area contributed by atoms with Gasteiger partial charge in [0.15, 0.2) is 4.96 Å². The first-order valence-corrected chi connectivity index (χ1v) is 6.81. The van der Waals surface area contributed by atoms with Crippen molar-refractivity contribution >= 4 is 34.4 Å². The van der Waals surface area contributed by atoms with E-state index in [1.165, 1.54) is 16.7 Å². The molecule has 3 rings (SSSR count). The number of carboxylic acid groups (broad SMARTS) is 1. The van der Waals surface area contributed by atoms with Crippen LogP contribution < -0.4 is 5.56 Å². The molecule has 0 aliphatic heterocycles. The molecule has 0 spiro atoms. The number of carboxylic acids is 1. The molecule has 3 heterocycles. The fourth-order valence-corrected chi connectivity index (χ4v) is 2.58. The van der Waals surface area contributed by atoms with Gasteiger partial charge in [-0.15, -0.1) is 0 Å². The molecule has 0 aliphatic rings. The van der Waals surface area contributed by atoms with E-state index in [1.807, 2.05) is 18.2 Å². The van der Waals surface area contributed by atoms with E-state index >= 15 is 0 Å². The third-order valence-corrected chi connectivity index (χ3v) is 3.68. The number of hydrogen-bond donors (Lipinski definition) is 1. The maximum absolute atomic E-state index is 11.9. The lowest BCUT2D eigenvalue weighted by atomic mass is 10.3. The summed E-state index contributed by atoms with van der Waals surface area (Å²) in [4.78, 5) is 31.7. The molecule has 21 heavy (non-hydrogen) atoms. The lowest BCUT2D eigenvalue weighted by Gasteiger charge is -1.94. The Bertz CT molecular complexity index is 897. The van der Waals surface area contributed by atoms with E-state index < -0.39 is 5.97 Å². The number of hydrogen-bond acceptors (Lipinski definition) is 5. The molecule has 104 valence electrons. The number of pyridine rings is 1. The van der Waals surface area contributed by atoms with Crippen molar-refractivity contribution in [1.82, 2.24) is 14.4 Å². The zero-order valence-corrected chi connectivity index (χ0v) is 11.4. The van der Waals surface area contributed by atoms with Gasteiger partial charge >= 0.3 is 5.97 Å². The van der Waals surface area contributed by atoms with Crippen molar-refractivity contribution in [3.63, 3.8) is 0 Å². The van der Waals surface area contributed by atoms with Gasteiger partial charge in [-0.25, -0.2) is 9.78 Å². The molecule has 1 N–H and O–H groups in total. The normalized spacial score (nSPS) is 11.2. The smallest absolute Gasteiger partial charge is 0.347 e. The molecular formula is C14H9N3O3S. The van der Waals surface area contributed by atoms with Crippen molar-refractivity contribution < 1.29 is 9.90 Å². The molecule has 3 aromatic heterocycles. The van der Waals surface area contributed by atoms with Gasteiger partial charge in [0.25, 0.3) is 5.56 Å². The van der Waals surface area contributed by atoms with Crippen LogP contribution in [0.1, 0.15) is 21.1 Å². The maximum atomic E-state index is 11.9. The van der Waals surface area contributed by atoms with Gasteiger partial charge in [0.1, 0.15) is 4.88 Å². The molecule has 0 amide bonds. The lowest BCUT2D eigenvalue weighted by molar-refractivity contribution is 0.0702. The molecular weight excluding hydrogens is 290 g/mol. The highest BCUT2D eigenvalue weighted by Gasteiger charge is 2.11. The number of rotatable bonds is 3. The zero-order chi connectivity index (χ0) is 14.8. The van der Waals surface area contributed by atoms with Gasteiger partial charge < -0.3 is 5.11 Å². The molecule has 3 aromatic rings. The summed E-state index contributed by atoms with van der Waals surface area (Å²) in [7, 11) is 0. The Labute approximate surface area is 122 Å². The van der Waals surface area contributed by atoms with Crippen LogP contribution >= 0.6 is 11.3 Å². The van der Waals surface area contributed by atoms with E-state index in [0.717, 1.165) is 17.0 Å². The minimum Gasteiger partial charge on any atom is -0.477 e. The molecule has 0 saturated carbocycles. The summed E-state index contributed by atoms with van der Waals surface area (Å²) < 4.78 is 1.23. The van der Waals surface area contributed by atoms with Crippen LogP contribution in [-0.4, -0.2) is 25.4 Å². The SMILES string of the molecule is O=C(O)c1cn2c(=O)cc(C=Cc3ccccn3)nc2s1. The van der Waals surface area contributed by atoms with Crippen molar-refractivity contribution in [2.24, 2.45) is 0 Å². The minimum atomic E-state index is -1.07. The Hall–Kier alpha value is -2.80. The number of aromatic nitrogens is 3. The Morgan fingerprint density at radius 3 is 2.81 bits per heavy atom. The summed E-state index contributed by atoms with van der Waals surface area (Å²) in [6, 6.07) is 6.85. The molecule has 7 heteroatoms. The molecule has 0 unspecified atom stereocenters. The van der Waals surface area contributed by atoms with E-state index in [0.29, 0.717) is 10.7 Å². The summed E-state index contributed by atoms with van der Waals surface area (Å²) >= 11 is 0.958. The van der Waals surface area contributed by atoms with Crippen LogP contribution in [0.5, 0.6) is 0 Å². The average Bonchev–Trinajstić information content (AvgIpc) is 2.91. The van der Waals surface area contributed by atoms with Crippen molar-refractivity contribution in [3.05, 3.63) is 63.3 Å². The predicted molar refractivity (Wildman–Crippen MR) is 79.5 cm³/mol. The lowest BCUT2D eigenvalue weighted by Crippen LogP contribution is -2.11. The Morgan fingerprint density at radius 2 is 2.10 bits per heavy atom. The monoisotopic (exact) mass is 299 g/mol. The molecule has 6 nitrogen and oxygen atoms in total. The summed E-state index contributed by atoms with van der Waals surface area (Å²) in [5, 5.41) is 8.94. The van der Waals surface area contributed by atoms with E-state index in [1.54, 1.807) is 18.3 Å². The van der Waals surface area contributed by atoms with Crippen LogP contribution in [0.15, 0.2) is 41.5 Å². The number of nitrogens with zero attached hydrogens (tertiary/aromatic N) is 3. The van der Waals surface area contributed by atoms with Crippen LogP contribution in [-0.2, 0) is 0 Å². The average molecular weight is 299 g/mol. The van der Waals surface area contributed by atoms with Gasteiger partial charge in [-0.3, -0.25) is 14.2 Å². The highest BCUT2D eigenvalue weighted by molar-refractivity contribution is 7.18.